The number of morpholine rings is 1. The maximum absolute atomic E-state index is 12.6. The van der Waals surface area contributed by atoms with Gasteiger partial charge < -0.3 is 15.4 Å². The van der Waals surface area contributed by atoms with Gasteiger partial charge in [0.1, 0.15) is 5.41 Å². The maximum atomic E-state index is 12.6. The van der Waals surface area contributed by atoms with Crippen LogP contribution in [-0.4, -0.2) is 56.1 Å². The molecule has 2 aliphatic rings. The third kappa shape index (κ3) is 4.26. The number of benzene rings is 1. The summed E-state index contributed by atoms with van der Waals surface area (Å²) in [5.74, 6) is -0.558. The normalized spacial score (nSPS) is 19.3. The quantitative estimate of drug-likeness (QED) is 0.736. The highest BCUT2D eigenvalue weighted by Gasteiger charge is 2.56. The van der Waals surface area contributed by atoms with Gasteiger partial charge in [0.25, 0.3) is 0 Å². The highest BCUT2D eigenvalue weighted by Crippen LogP contribution is 2.47. The lowest BCUT2D eigenvalue weighted by Gasteiger charge is -2.26. The van der Waals surface area contributed by atoms with Crippen LogP contribution in [-0.2, 0) is 14.3 Å². The lowest BCUT2D eigenvalue weighted by atomic mass is 10.1. The van der Waals surface area contributed by atoms with E-state index in [0.717, 1.165) is 32.8 Å². The van der Waals surface area contributed by atoms with Gasteiger partial charge in [-0.05, 0) is 25.0 Å². The Labute approximate surface area is 156 Å². The number of hydrogen-bond donors (Lipinski definition) is 2. The molecule has 136 valence electrons. The van der Waals surface area contributed by atoms with Crippen molar-refractivity contribution in [2.45, 2.75) is 12.8 Å². The van der Waals surface area contributed by atoms with Crippen LogP contribution in [0.1, 0.15) is 12.8 Å². The third-order valence-corrected chi connectivity index (χ3v) is 5.46. The fourth-order valence-electron chi connectivity index (χ4n) is 2.85. The van der Waals surface area contributed by atoms with E-state index in [1.54, 1.807) is 18.2 Å². The van der Waals surface area contributed by atoms with E-state index in [9.17, 15) is 9.59 Å². The summed E-state index contributed by atoms with van der Waals surface area (Å²) in [6.07, 6.45) is 1.08. The van der Waals surface area contributed by atoms with E-state index in [0.29, 0.717) is 30.1 Å². The second kappa shape index (κ2) is 7.91. The Bertz CT molecular complexity index is 659. The number of anilines is 1. The lowest BCUT2D eigenvalue weighted by molar-refractivity contribution is -0.134. The van der Waals surface area contributed by atoms with Crippen molar-refractivity contribution in [3.05, 3.63) is 28.2 Å². The van der Waals surface area contributed by atoms with Crippen molar-refractivity contribution in [1.82, 2.24) is 10.2 Å². The van der Waals surface area contributed by atoms with Crippen molar-refractivity contribution in [3.8, 4) is 0 Å². The van der Waals surface area contributed by atoms with Crippen LogP contribution in [0, 0.1) is 5.41 Å². The van der Waals surface area contributed by atoms with Gasteiger partial charge in [0.15, 0.2) is 0 Å². The third-order valence-electron chi connectivity index (χ3n) is 4.64. The predicted molar refractivity (Wildman–Crippen MR) is 97.0 cm³/mol. The molecule has 0 aromatic heterocycles. The molecule has 0 spiro atoms. The smallest absolute Gasteiger partial charge is 0.240 e. The molecule has 1 heterocycles. The molecule has 1 aromatic carbocycles. The first-order chi connectivity index (χ1) is 12.0. The molecule has 8 heteroatoms. The van der Waals surface area contributed by atoms with Gasteiger partial charge in [-0.1, -0.05) is 29.3 Å². The Morgan fingerprint density at radius 2 is 1.88 bits per heavy atom. The second-order valence-electron chi connectivity index (χ2n) is 6.35. The molecular formula is C17H21Cl2N3O3. The average Bonchev–Trinajstić information content (AvgIpc) is 3.42. The van der Waals surface area contributed by atoms with Crippen molar-refractivity contribution in [2.24, 2.45) is 5.41 Å². The fourth-order valence-corrected chi connectivity index (χ4v) is 3.19. The van der Waals surface area contributed by atoms with Crippen LogP contribution < -0.4 is 10.6 Å². The summed E-state index contributed by atoms with van der Waals surface area (Å²) in [5, 5.41) is 6.25. The molecule has 25 heavy (non-hydrogen) atoms. The van der Waals surface area contributed by atoms with Gasteiger partial charge in [0, 0.05) is 26.2 Å². The van der Waals surface area contributed by atoms with E-state index in [1.807, 2.05) is 0 Å². The number of nitrogens with zero attached hydrogens (tertiary/aromatic N) is 1. The van der Waals surface area contributed by atoms with Crippen LogP contribution in [0.2, 0.25) is 10.0 Å². The van der Waals surface area contributed by atoms with Gasteiger partial charge in [-0.3, -0.25) is 14.5 Å². The molecule has 1 saturated carbocycles. The number of ether oxygens (including phenoxy) is 1. The summed E-state index contributed by atoms with van der Waals surface area (Å²) < 4.78 is 5.30. The van der Waals surface area contributed by atoms with Crippen LogP contribution in [0.3, 0.4) is 0 Å². The van der Waals surface area contributed by atoms with Gasteiger partial charge in [-0.25, -0.2) is 0 Å². The number of carbonyl (C=O) groups excluding carboxylic acids is 2. The summed E-state index contributed by atoms with van der Waals surface area (Å²) in [6, 6.07) is 5.01. The van der Waals surface area contributed by atoms with Crippen molar-refractivity contribution >= 4 is 40.7 Å². The zero-order valence-corrected chi connectivity index (χ0v) is 15.3. The zero-order chi connectivity index (χ0) is 17.9. The van der Waals surface area contributed by atoms with Crippen molar-refractivity contribution in [3.63, 3.8) is 0 Å². The molecule has 3 rings (SSSR count). The largest absolute Gasteiger partial charge is 0.379 e. The molecule has 1 aliphatic heterocycles. The van der Waals surface area contributed by atoms with E-state index in [4.69, 9.17) is 27.9 Å². The molecule has 2 N–H and O–H groups in total. The minimum Gasteiger partial charge on any atom is -0.379 e. The SMILES string of the molecule is O=C(NCCN1CCOCC1)C1(C(=O)Nc2cccc(Cl)c2Cl)CC1. The Morgan fingerprint density at radius 1 is 1.16 bits per heavy atom. The minimum absolute atomic E-state index is 0.226. The molecule has 0 unspecified atom stereocenters. The molecule has 0 atom stereocenters. The first-order valence-corrected chi connectivity index (χ1v) is 9.12. The molecule has 1 aromatic rings. The van der Waals surface area contributed by atoms with Gasteiger partial charge in [0.05, 0.1) is 28.9 Å². The van der Waals surface area contributed by atoms with Crippen molar-refractivity contribution in [1.29, 1.82) is 0 Å². The van der Waals surface area contributed by atoms with Crippen LogP contribution in [0.15, 0.2) is 18.2 Å². The number of rotatable bonds is 6. The minimum atomic E-state index is -0.989. The summed E-state index contributed by atoms with van der Waals surface area (Å²) in [7, 11) is 0. The zero-order valence-electron chi connectivity index (χ0n) is 13.8. The Morgan fingerprint density at radius 3 is 2.56 bits per heavy atom. The Balaban J connectivity index is 1.52. The van der Waals surface area contributed by atoms with Crippen LogP contribution in [0.4, 0.5) is 5.69 Å². The van der Waals surface area contributed by atoms with Gasteiger partial charge >= 0.3 is 0 Å². The molecule has 6 nitrogen and oxygen atoms in total. The highest BCUT2D eigenvalue weighted by molar-refractivity contribution is 6.44. The molecule has 0 radical (unpaired) electrons. The van der Waals surface area contributed by atoms with E-state index in [2.05, 4.69) is 15.5 Å². The number of hydrogen-bond acceptors (Lipinski definition) is 4. The molecule has 0 bridgehead atoms. The first kappa shape index (κ1) is 18.5. The first-order valence-electron chi connectivity index (χ1n) is 8.37. The Hall–Kier alpha value is -1.34. The average molecular weight is 386 g/mol. The van der Waals surface area contributed by atoms with E-state index in [1.165, 1.54) is 0 Å². The standard InChI is InChI=1S/C17H21Cl2N3O3/c18-12-2-1-3-13(14(12)19)21-16(24)17(4-5-17)15(23)20-6-7-22-8-10-25-11-9-22/h1-3H,4-11H2,(H,20,23)(H,21,24). The number of amides is 2. The second-order valence-corrected chi connectivity index (χ2v) is 7.13. The molecular weight excluding hydrogens is 365 g/mol. The van der Waals surface area contributed by atoms with Crippen molar-refractivity contribution < 1.29 is 14.3 Å². The number of halogens is 2. The Kier molecular flexibility index (Phi) is 5.84. The molecule has 1 aliphatic carbocycles. The van der Waals surface area contributed by atoms with Gasteiger partial charge in [-0.2, -0.15) is 0 Å². The maximum Gasteiger partial charge on any atom is 0.240 e. The van der Waals surface area contributed by atoms with Gasteiger partial charge in [0.2, 0.25) is 11.8 Å². The lowest BCUT2D eigenvalue weighted by Crippen LogP contribution is -2.45. The molecule has 2 fully saturated rings. The number of carbonyl (C=O) groups is 2. The topological polar surface area (TPSA) is 70.7 Å². The highest BCUT2D eigenvalue weighted by atomic mass is 35.5. The van der Waals surface area contributed by atoms with Crippen LogP contribution in [0.5, 0.6) is 0 Å². The summed E-state index contributed by atoms with van der Waals surface area (Å²) in [4.78, 5) is 27.3. The van der Waals surface area contributed by atoms with E-state index in [-0.39, 0.29) is 16.8 Å². The van der Waals surface area contributed by atoms with E-state index >= 15 is 0 Å². The van der Waals surface area contributed by atoms with Gasteiger partial charge in [-0.15, -0.1) is 0 Å². The van der Waals surface area contributed by atoms with E-state index < -0.39 is 5.41 Å². The molecule has 1 saturated heterocycles. The van der Waals surface area contributed by atoms with Crippen molar-refractivity contribution in [2.75, 3.05) is 44.7 Å². The predicted octanol–water partition coefficient (Wildman–Crippen LogP) is 2.16. The summed E-state index contributed by atoms with van der Waals surface area (Å²) in [5.41, 5.74) is -0.567. The van der Waals surface area contributed by atoms with Crippen LogP contribution >= 0.6 is 23.2 Å². The number of nitrogens with one attached hydrogen (secondary N) is 2. The molecule has 2 amide bonds. The summed E-state index contributed by atoms with van der Waals surface area (Å²) >= 11 is 12.1. The fraction of sp³-hybridized carbons (Fsp3) is 0.529. The van der Waals surface area contributed by atoms with Crippen LogP contribution in [0.25, 0.3) is 0 Å². The monoisotopic (exact) mass is 385 g/mol. The summed E-state index contributed by atoms with van der Waals surface area (Å²) in [6.45, 7) is 4.46.